The van der Waals surface area contributed by atoms with Gasteiger partial charge in [-0.3, -0.25) is 0 Å². The lowest BCUT2D eigenvalue weighted by Gasteiger charge is -2.38. The fourth-order valence-electron chi connectivity index (χ4n) is 2.62. The van der Waals surface area contributed by atoms with E-state index in [1.165, 1.54) is 30.8 Å². The summed E-state index contributed by atoms with van der Waals surface area (Å²) in [5.74, 6) is 1.75. The molecule has 17 heavy (non-hydrogen) atoms. The van der Waals surface area contributed by atoms with Crippen LogP contribution in [0.2, 0.25) is 0 Å². The maximum absolute atomic E-state index is 5.87. The lowest BCUT2D eigenvalue weighted by Crippen LogP contribution is -2.48. The molecule has 3 nitrogen and oxygen atoms in total. The minimum absolute atomic E-state index is 0.723. The number of likely N-dealkylation sites (tertiary alicyclic amines) is 1. The standard InChI is InChI=1S/C14H20N2O/c1-2-16-8-11(9-16)10-17-14-4-3-12-6-15-7-13(12)5-14/h3-5,11,15H,2,6-10H2,1H3. The molecule has 2 heterocycles. The van der Waals surface area contributed by atoms with Gasteiger partial charge in [-0.15, -0.1) is 0 Å². The molecule has 3 rings (SSSR count). The van der Waals surface area contributed by atoms with E-state index in [1.807, 2.05) is 0 Å². The van der Waals surface area contributed by atoms with E-state index in [0.29, 0.717) is 0 Å². The van der Waals surface area contributed by atoms with Crippen LogP contribution in [0.1, 0.15) is 18.1 Å². The second-order valence-electron chi connectivity index (χ2n) is 5.06. The van der Waals surface area contributed by atoms with E-state index < -0.39 is 0 Å². The molecule has 0 aromatic heterocycles. The molecular weight excluding hydrogens is 212 g/mol. The zero-order chi connectivity index (χ0) is 11.7. The Kier molecular flexibility index (Phi) is 3.04. The van der Waals surface area contributed by atoms with E-state index in [1.54, 1.807) is 0 Å². The van der Waals surface area contributed by atoms with Crippen LogP contribution in [0.3, 0.4) is 0 Å². The summed E-state index contributed by atoms with van der Waals surface area (Å²) >= 11 is 0. The van der Waals surface area contributed by atoms with Crippen molar-refractivity contribution >= 4 is 0 Å². The smallest absolute Gasteiger partial charge is 0.119 e. The molecule has 0 spiro atoms. The van der Waals surface area contributed by atoms with Crippen molar-refractivity contribution in [2.24, 2.45) is 5.92 Å². The van der Waals surface area contributed by atoms with Gasteiger partial charge in [-0.25, -0.2) is 0 Å². The highest BCUT2D eigenvalue weighted by Gasteiger charge is 2.25. The van der Waals surface area contributed by atoms with Gasteiger partial charge in [0.2, 0.25) is 0 Å². The van der Waals surface area contributed by atoms with Crippen LogP contribution in [0, 0.1) is 5.92 Å². The predicted molar refractivity (Wildman–Crippen MR) is 68.1 cm³/mol. The third kappa shape index (κ3) is 2.31. The molecular formula is C14H20N2O. The summed E-state index contributed by atoms with van der Waals surface area (Å²) < 4.78 is 5.87. The quantitative estimate of drug-likeness (QED) is 0.853. The summed E-state index contributed by atoms with van der Waals surface area (Å²) in [4.78, 5) is 2.45. The van der Waals surface area contributed by atoms with Gasteiger partial charge in [0, 0.05) is 32.1 Å². The summed E-state index contributed by atoms with van der Waals surface area (Å²) in [6, 6.07) is 6.47. The highest BCUT2D eigenvalue weighted by Crippen LogP contribution is 2.23. The molecule has 3 heteroatoms. The van der Waals surface area contributed by atoms with E-state index in [-0.39, 0.29) is 0 Å². The van der Waals surface area contributed by atoms with Crippen LogP contribution in [0.25, 0.3) is 0 Å². The number of hydrogen-bond acceptors (Lipinski definition) is 3. The Morgan fingerprint density at radius 1 is 1.29 bits per heavy atom. The lowest BCUT2D eigenvalue weighted by molar-refractivity contribution is 0.0671. The van der Waals surface area contributed by atoms with Gasteiger partial charge in [-0.1, -0.05) is 13.0 Å². The molecule has 1 saturated heterocycles. The Balaban J connectivity index is 1.52. The summed E-state index contributed by atoms with van der Waals surface area (Å²) in [6.45, 7) is 8.63. The topological polar surface area (TPSA) is 24.5 Å². The van der Waals surface area contributed by atoms with E-state index in [9.17, 15) is 0 Å². The average molecular weight is 232 g/mol. The minimum Gasteiger partial charge on any atom is -0.493 e. The van der Waals surface area contributed by atoms with E-state index >= 15 is 0 Å². The van der Waals surface area contributed by atoms with Crippen LogP contribution in [0.5, 0.6) is 5.75 Å². The van der Waals surface area contributed by atoms with Crippen molar-refractivity contribution in [1.82, 2.24) is 10.2 Å². The first kappa shape index (κ1) is 11.1. The molecule has 0 atom stereocenters. The van der Waals surface area contributed by atoms with Crippen LogP contribution in [0.15, 0.2) is 18.2 Å². The molecule has 0 aliphatic carbocycles. The first-order valence-corrected chi connectivity index (χ1v) is 6.53. The number of fused-ring (bicyclic) bond motifs is 1. The second kappa shape index (κ2) is 4.67. The second-order valence-corrected chi connectivity index (χ2v) is 5.06. The van der Waals surface area contributed by atoms with Crippen LogP contribution in [-0.4, -0.2) is 31.1 Å². The van der Waals surface area contributed by atoms with Crippen molar-refractivity contribution in [2.75, 3.05) is 26.2 Å². The molecule has 1 fully saturated rings. The Morgan fingerprint density at radius 2 is 2.12 bits per heavy atom. The first-order valence-electron chi connectivity index (χ1n) is 6.53. The zero-order valence-electron chi connectivity index (χ0n) is 10.4. The van der Waals surface area contributed by atoms with Gasteiger partial charge in [0.1, 0.15) is 5.75 Å². The van der Waals surface area contributed by atoms with Crippen LogP contribution >= 0.6 is 0 Å². The summed E-state index contributed by atoms with van der Waals surface area (Å²) in [5, 5.41) is 3.35. The fraction of sp³-hybridized carbons (Fsp3) is 0.571. The van der Waals surface area contributed by atoms with E-state index in [4.69, 9.17) is 4.74 Å². The minimum atomic E-state index is 0.723. The maximum atomic E-state index is 5.87. The van der Waals surface area contributed by atoms with Crippen molar-refractivity contribution in [3.8, 4) is 5.75 Å². The first-order chi connectivity index (χ1) is 8.35. The summed E-state index contributed by atoms with van der Waals surface area (Å²) in [5.41, 5.74) is 2.81. The van der Waals surface area contributed by atoms with Gasteiger partial charge >= 0.3 is 0 Å². The summed E-state index contributed by atoms with van der Waals surface area (Å²) in [7, 11) is 0. The van der Waals surface area contributed by atoms with Crippen LogP contribution in [0.4, 0.5) is 0 Å². The molecule has 0 bridgehead atoms. The van der Waals surface area contributed by atoms with Crippen LogP contribution < -0.4 is 10.1 Å². The molecule has 2 aliphatic rings. The molecule has 1 aromatic rings. The normalized spacial score (nSPS) is 20.1. The van der Waals surface area contributed by atoms with Crippen molar-refractivity contribution in [3.05, 3.63) is 29.3 Å². The molecule has 0 saturated carbocycles. The Bertz CT molecular complexity index is 399. The predicted octanol–water partition coefficient (Wildman–Crippen LogP) is 1.62. The number of benzene rings is 1. The molecule has 2 aliphatic heterocycles. The Hall–Kier alpha value is -1.06. The van der Waals surface area contributed by atoms with Gasteiger partial charge < -0.3 is 15.0 Å². The number of ether oxygens (including phenoxy) is 1. The number of hydrogen-bond donors (Lipinski definition) is 1. The lowest BCUT2D eigenvalue weighted by atomic mass is 10.0. The number of nitrogens with one attached hydrogen (secondary N) is 1. The highest BCUT2D eigenvalue weighted by atomic mass is 16.5. The molecule has 92 valence electrons. The molecule has 0 radical (unpaired) electrons. The fourth-order valence-corrected chi connectivity index (χ4v) is 2.62. The van der Waals surface area contributed by atoms with Crippen LogP contribution in [-0.2, 0) is 13.1 Å². The highest BCUT2D eigenvalue weighted by molar-refractivity contribution is 5.37. The van der Waals surface area contributed by atoms with Crippen molar-refractivity contribution in [2.45, 2.75) is 20.0 Å². The SMILES string of the molecule is CCN1CC(COc2ccc3c(c2)CNC3)C1. The average Bonchev–Trinajstić information content (AvgIpc) is 2.74. The van der Waals surface area contributed by atoms with E-state index in [0.717, 1.165) is 31.4 Å². The van der Waals surface area contributed by atoms with E-state index in [2.05, 4.69) is 35.3 Å². The van der Waals surface area contributed by atoms with Crippen molar-refractivity contribution in [3.63, 3.8) is 0 Å². The van der Waals surface area contributed by atoms with Gasteiger partial charge in [0.05, 0.1) is 6.61 Å². The monoisotopic (exact) mass is 232 g/mol. The maximum Gasteiger partial charge on any atom is 0.119 e. The molecule has 1 N–H and O–H groups in total. The van der Waals surface area contributed by atoms with Gasteiger partial charge in [-0.2, -0.15) is 0 Å². The number of nitrogens with zero attached hydrogens (tertiary/aromatic N) is 1. The molecule has 0 unspecified atom stereocenters. The number of rotatable bonds is 4. The van der Waals surface area contributed by atoms with Crippen molar-refractivity contribution in [1.29, 1.82) is 0 Å². The van der Waals surface area contributed by atoms with Gasteiger partial charge in [0.15, 0.2) is 0 Å². The third-order valence-corrected chi connectivity index (χ3v) is 3.77. The Morgan fingerprint density at radius 3 is 2.94 bits per heavy atom. The van der Waals surface area contributed by atoms with Crippen molar-refractivity contribution < 1.29 is 4.74 Å². The zero-order valence-corrected chi connectivity index (χ0v) is 10.4. The molecule has 1 aromatic carbocycles. The largest absolute Gasteiger partial charge is 0.493 e. The third-order valence-electron chi connectivity index (χ3n) is 3.77. The summed E-state index contributed by atoms with van der Waals surface area (Å²) in [6.07, 6.45) is 0. The Labute approximate surface area is 103 Å². The van der Waals surface area contributed by atoms with Gasteiger partial charge in [-0.05, 0) is 29.8 Å². The van der Waals surface area contributed by atoms with Gasteiger partial charge in [0.25, 0.3) is 0 Å². The molecule has 0 amide bonds.